The van der Waals surface area contributed by atoms with E-state index in [2.05, 4.69) is 10.3 Å². The van der Waals surface area contributed by atoms with Gasteiger partial charge in [0.05, 0.1) is 17.6 Å². The molecule has 0 fully saturated rings. The zero-order valence-electron chi connectivity index (χ0n) is 16.7. The molecule has 0 atom stereocenters. The number of anilines is 1. The molecule has 1 N–H and O–H groups in total. The molecule has 1 amide bonds. The summed E-state index contributed by atoms with van der Waals surface area (Å²) < 4.78 is 11.5. The molecule has 0 unspecified atom stereocenters. The standard InChI is InChI=1S/C22H19N3O5S/c1-14-6-8-15(9-7-14)16-13-31-21(23-16)24-19(26)12-29-20(27)10-11-25-17-4-2-3-5-18(17)30-22(25)28/h2-9,13H,10-12H2,1H3,(H,23,24,26). The Morgan fingerprint density at radius 3 is 2.74 bits per heavy atom. The first kappa shape index (κ1) is 20.5. The second-order valence-corrected chi connectivity index (χ2v) is 7.71. The number of nitrogens with zero attached hydrogens (tertiary/aromatic N) is 2. The van der Waals surface area contributed by atoms with Gasteiger partial charge in [-0.3, -0.25) is 19.5 Å². The van der Waals surface area contributed by atoms with Gasteiger partial charge in [0.15, 0.2) is 17.3 Å². The van der Waals surface area contributed by atoms with Gasteiger partial charge in [0.25, 0.3) is 5.91 Å². The first-order chi connectivity index (χ1) is 15.0. The minimum absolute atomic E-state index is 0.0640. The summed E-state index contributed by atoms with van der Waals surface area (Å²) in [4.78, 5) is 40.4. The zero-order chi connectivity index (χ0) is 21.8. The summed E-state index contributed by atoms with van der Waals surface area (Å²) in [5.74, 6) is -1.62. The van der Waals surface area contributed by atoms with Crippen molar-refractivity contribution in [1.82, 2.24) is 9.55 Å². The van der Waals surface area contributed by atoms with Gasteiger partial charge in [-0.25, -0.2) is 9.78 Å². The number of aromatic nitrogens is 2. The number of esters is 1. The average Bonchev–Trinajstić information content (AvgIpc) is 3.35. The van der Waals surface area contributed by atoms with Crippen molar-refractivity contribution in [1.29, 1.82) is 0 Å². The van der Waals surface area contributed by atoms with E-state index in [1.165, 1.54) is 15.9 Å². The predicted molar refractivity (Wildman–Crippen MR) is 117 cm³/mol. The molecular formula is C22H19N3O5S. The molecule has 0 saturated heterocycles. The van der Waals surface area contributed by atoms with Crippen LogP contribution >= 0.6 is 11.3 Å². The lowest BCUT2D eigenvalue weighted by Gasteiger charge is -2.05. The molecule has 2 heterocycles. The average molecular weight is 437 g/mol. The molecular weight excluding hydrogens is 418 g/mol. The van der Waals surface area contributed by atoms with Crippen LogP contribution in [0.3, 0.4) is 0 Å². The Hall–Kier alpha value is -3.72. The second-order valence-electron chi connectivity index (χ2n) is 6.85. The maximum Gasteiger partial charge on any atom is 0.419 e. The molecule has 2 aromatic carbocycles. The van der Waals surface area contributed by atoms with Crippen LogP contribution in [0.4, 0.5) is 5.13 Å². The highest BCUT2D eigenvalue weighted by atomic mass is 32.1. The molecule has 158 valence electrons. The quantitative estimate of drug-likeness (QED) is 0.443. The number of amides is 1. The number of benzene rings is 2. The Kier molecular flexibility index (Phi) is 5.94. The van der Waals surface area contributed by atoms with E-state index in [9.17, 15) is 14.4 Å². The highest BCUT2D eigenvalue weighted by molar-refractivity contribution is 7.14. The van der Waals surface area contributed by atoms with Crippen LogP contribution in [0.15, 0.2) is 63.1 Å². The van der Waals surface area contributed by atoms with Crippen LogP contribution in [0.1, 0.15) is 12.0 Å². The molecule has 2 aromatic heterocycles. The third-order valence-corrected chi connectivity index (χ3v) is 5.33. The van der Waals surface area contributed by atoms with Crippen molar-refractivity contribution < 1.29 is 18.7 Å². The number of hydrogen-bond donors (Lipinski definition) is 1. The van der Waals surface area contributed by atoms with Crippen LogP contribution in [0.25, 0.3) is 22.4 Å². The Balaban J connectivity index is 1.27. The number of ether oxygens (including phenoxy) is 1. The minimum Gasteiger partial charge on any atom is -0.456 e. The van der Waals surface area contributed by atoms with E-state index in [4.69, 9.17) is 9.15 Å². The molecule has 0 aliphatic heterocycles. The van der Waals surface area contributed by atoms with Crippen molar-refractivity contribution in [3.63, 3.8) is 0 Å². The van der Waals surface area contributed by atoms with E-state index < -0.39 is 24.2 Å². The number of nitrogens with one attached hydrogen (secondary N) is 1. The number of carbonyl (C=O) groups excluding carboxylic acids is 2. The highest BCUT2D eigenvalue weighted by Crippen LogP contribution is 2.25. The topological polar surface area (TPSA) is 103 Å². The van der Waals surface area contributed by atoms with Crippen molar-refractivity contribution >= 4 is 39.4 Å². The summed E-state index contributed by atoms with van der Waals surface area (Å²) in [6, 6.07) is 14.9. The summed E-state index contributed by atoms with van der Waals surface area (Å²) in [7, 11) is 0. The van der Waals surface area contributed by atoms with E-state index in [1.807, 2.05) is 36.6 Å². The lowest BCUT2D eigenvalue weighted by molar-refractivity contribution is -0.147. The predicted octanol–water partition coefficient (Wildman–Crippen LogP) is 3.60. The number of aryl methyl sites for hydroxylation is 2. The summed E-state index contributed by atoms with van der Waals surface area (Å²) in [6.07, 6.45) is -0.0640. The van der Waals surface area contributed by atoms with Gasteiger partial charge in [-0.05, 0) is 19.1 Å². The van der Waals surface area contributed by atoms with Gasteiger partial charge in [-0.1, -0.05) is 42.0 Å². The monoisotopic (exact) mass is 437 g/mol. The van der Waals surface area contributed by atoms with Crippen LogP contribution in [0.5, 0.6) is 0 Å². The van der Waals surface area contributed by atoms with E-state index in [1.54, 1.807) is 24.3 Å². The molecule has 0 saturated carbocycles. The fourth-order valence-electron chi connectivity index (χ4n) is 2.99. The van der Waals surface area contributed by atoms with Crippen LogP contribution < -0.4 is 11.1 Å². The third kappa shape index (κ3) is 4.89. The molecule has 0 spiro atoms. The van der Waals surface area contributed by atoms with Gasteiger partial charge in [-0.15, -0.1) is 11.3 Å². The van der Waals surface area contributed by atoms with Crippen LogP contribution in [-0.2, 0) is 20.9 Å². The number of rotatable bonds is 7. The number of hydrogen-bond acceptors (Lipinski definition) is 7. The maximum absolute atomic E-state index is 12.1. The van der Waals surface area contributed by atoms with Crippen LogP contribution in [-0.4, -0.2) is 28.0 Å². The number of oxazole rings is 1. The van der Waals surface area contributed by atoms with Crippen molar-refractivity contribution in [3.8, 4) is 11.3 Å². The number of carbonyl (C=O) groups is 2. The highest BCUT2D eigenvalue weighted by Gasteiger charge is 2.13. The van der Waals surface area contributed by atoms with E-state index in [0.717, 1.165) is 16.8 Å². The molecule has 0 aliphatic carbocycles. The van der Waals surface area contributed by atoms with Gasteiger partial charge < -0.3 is 9.15 Å². The first-order valence-electron chi connectivity index (χ1n) is 9.56. The van der Waals surface area contributed by atoms with Gasteiger partial charge >= 0.3 is 11.7 Å². The third-order valence-electron chi connectivity index (χ3n) is 4.58. The van der Waals surface area contributed by atoms with E-state index in [-0.39, 0.29) is 13.0 Å². The van der Waals surface area contributed by atoms with Crippen LogP contribution in [0.2, 0.25) is 0 Å². The molecule has 0 radical (unpaired) electrons. The Morgan fingerprint density at radius 1 is 1.16 bits per heavy atom. The van der Waals surface area contributed by atoms with Crippen LogP contribution in [0, 0.1) is 6.92 Å². The van der Waals surface area contributed by atoms with Gasteiger partial charge in [0.1, 0.15) is 0 Å². The lowest BCUT2D eigenvalue weighted by atomic mass is 10.1. The molecule has 9 heteroatoms. The summed E-state index contributed by atoms with van der Waals surface area (Å²) in [6.45, 7) is 1.68. The molecule has 8 nitrogen and oxygen atoms in total. The summed E-state index contributed by atoms with van der Waals surface area (Å²) in [5, 5.41) is 4.89. The van der Waals surface area contributed by atoms with E-state index in [0.29, 0.717) is 16.2 Å². The van der Waals surface area contributed by atoms with Gasteiger partial charge in [0.2, 0.25) is 0 Å². The molecule has 31 heavy (non-hydrogen) atoms. The fourth-order valence-corrected chi connectivity index (χ4v) is 3.73. The number of para-hydroxylation sites is 2. The smallest absolute Gasteiger partial charge is 0.419 e. The van der Waals surface area contributed by atoms with Gasteiger partial charge in [0, 0.05) is 17.5 Å². The van der Waals surface area contributed by atoms with Crippen molar-refractivity contribution in [3.05, 3.63) is 70.0 Å². The Bertz CT molecular complexity index is 1290. The Morgan fingerprint density at radius 2 is 1.94 bits per heavy atom. The second kappa shape index (κ2) is 8.97. The molecule has 0 aliphatic rings. The SMILES string of the molecule is Cc1ccc(-c2csc(NC(=O)COC(=O)CCn3c(=O)oc4ccccc43)n2)cc1. The number of thiazole rings is 1. The molecule has 4 rings (SSSR count). The molecule has 0 bridgehead atoms. The minimum atomic E-state index is -0.591. The molecule has 4 aromatic rings. The van der Waals surface area contributed by atoms with Crippen molar-refractivity contribution in [2.75, 3.05) is 11.9 Å². The van der Waals surface area contributed by atoms with E-state index >= 15 is 0 Å². The lowest BCUT2D eigenvalue weighted by Crippen LogP contribution is -2.22. The number of fused-ring (bicyclic) bond motifs is 1. The largest absolute Gasteiger partial charge is 0.456 e. The normalized spacial score (nSPS) is 10.9. The Labute approximate surface area is 181 Å². The van der Waals surface area contributed by atoms with Crippen molar-refractivity contribution in [2.24, 2.45) is 0 Å². The first-order valence-corrected chi connectivity index (χ1v) is 10.4. The van der Waals surface area contributed by atoms with Gasteiger partial charge in [-0.2, -0.15) is 0 Å². The van der Waals surface area contributed by atoms with Crippen molar-refractivity contribution in [2.45, 2.75) is 19.9 Å². The maximum atomic E-state index is 12.1. The fraction of sp³-hybridized carbons (Fsp3) is 0.182. The zero-order valence-corrected chi connectivity index (χ0v) is 17.5. The summed E-state index contributed by atoms with van der Waals surface area (Å²) in [5.41, 5.74) is 3.92. The summed E-state index contributed by atoms with van der Waals surface area (Å²) >= 11 is 1.29.